The van der Waals surface area contributed by atoms with E-state index in [9.17, 15) is 13.2 Å². The van der Waals surface area contributed by atoms with Gasteiger partial charge in [0.2, 0.25) is 0 Å². The lowest BCUT2D eigenvalue weighted by atomic mass is 10.1. The summed E-state index contributed by atoms with van der Waals surface area (Å²) >= 11 is 3.04. The summed E-state index contributed by atoms with van der Waals surface area (Å²) in [4.78, 5) is 1.77. The third-order valence-electron chi connectivity index (χ3n) is 4.51. The van der Waals surface area contributed by atoms with Crippen molar-refractivity contribution in [3.63, 3.8) is 0 Å². The maximum atomic E-state index is 13.2. The number of rotatable bonds is 3. The van der Waals surface area contributed by atoms with E-state index < -0.39 is 11.9 Å². The average molecular weight is 444 g/mol. The first-order valence-electron chi connectivity index (χ1n) is 8.32. The number of fused-ring (bicyclic) bond motifs is 1. The minimum atomic E-state index is -4.51. The molecule has 1 aromatic carbocycles. The zero-order chi connectivity index (χ0) is 19.3. The molecular formula is C16H17BrF3N7. The number of nitrogens with zero attached hydrogens (tertiary/aromatic N) is 5. The number of nitrogens with one attached hydrogen (secondary N) is 2. The summed E-state index contributed by atoms with van der Waals surface area (Å²) in [5, 5.41) is 14.2. The van der Waals surface area contributed by atoms with Crippen LogP contribution in [0.5, 0.6) is 0 Å². The number of hydrazine groups is 1. The van der Waals surface area contributed by atoms with Crippen LogP contribution in [0, 0.1) is 6.92 Å². The molecule has 0 spiro atoms. The first-order chi connectivity index (χ1) is 12.8. The van der Waals surface area contributed by atoms with Gasteiger partial charge in [0.15, 0.2) is 11.5 Å². The van der Waals surface area contributed by atoms with Gasteiger partial charge in [-0.1, -0.05) is 6.07 Å². The summed E-state index contributed by atoms with van der Waals surface area (Å²) in [5.74, 6) is 0.104. The van der Waals surface area contributed by atoms with Crippen LogP contribution in [0.1, 0.15) is 17.7 Å². The fourth-order valence-electron chi connectivity index (χ4n) is 3.24. The number of anilines is 2. The molecule has 0 radical (unpaired) electrons. The number of aryl methyl sites for hydroxylation is 2. The lowest BCUT2D eigenvalue weighted by Crippen LogP contribution is -2.41. The normalized spacial score (nSPS) is 15.1. The predicted octanol–water partition coefficient (Wildman–Crippen LogP) is 3.45. The Balaban J connectivity index is 1.78. The number of aromatic nitrogens is 4. The third kappa shape index (κ3) is 3.04. The molecule has 1 aliphatic rings. The van der Waals surface area contributed by atoms with Crippen LogP contribution in [0.4, 0.5) is 24.7 Å². The molecule has 144 valence electrons. The van der Waals surface area contributed by atoms with Gasteiger partial charge < -0.3 is 5.32 Å². The van der Waals surface area contributed by atoms with Gasteiger partial charge >= 0.3 is 6.18 Å². The van der Waals surface area contributed by atoms with Crippen molar-refractivity contribution in [2.45, 2.75) is 19.5 Å². The number of hydrogen-bond donors (Lipinski definition) is 2. The minimum absolute atomic E-state index is 0.104. The second kappa shape index (κ2) is 6.41. The molecule has 3 aromatic rings. The van der Waals surface area contributed by atoms with Crippen LogP contribution in [0.15, 0.2) is 22.8 Å². The van der Waals surface area contributed by atoms with Gasteiger partial charge in [-0.15, -0.1) is 0 Å². The van der Waals surface area contributed by atoms with E-state index >= 15 is 0 Å². The molecule has 0 amide bonds. The fourth-order valence-corrected chi connectivity index (χ4v) is 3.90. The van der Waals surface area contributed by atoms with Gasteiger partial charge in [-0.2, -0.15) is 28.2 Å². The third-order valence-corrected chi connectivity index (χ3v) is 5.26. The molecule has 0 saturated carbocycles. The molecular weight excluding hydrogens is 427 g/mol. The van der Waals surface area contributed by atoms with E-state index in [1.165, 1.54) is 7.05 Å². The van der Waals surface area contributed by atoms with Crippen LogP contribution < -0.4 is 15.9 Å². The zero-order valence-electron chi connectivity index (χ0n) is 14.6. The van der Waals surface area contributed by atoms with Crippen LogP contribution in [0.2, 0.25) is 0 Å². The van der Waals surface area contributed by atoms with E-state index in [2.05, 4.69) is 36.9 Å². The standard InChI is InChI=1S/C16H17BrF3N7/c1-9-4-5-11-10(8-22-27(11)26-7-3-6-21-26)13(9)23-15-12(17)14(16(18,19)20)25(2)24-15/h4-5,8,21H,3,6-7H2,1-2H3,(H,23,24). The van der Waals surface area contributed by atoms with Crippen LogP contribution in [-0.2, 0) is 13.2 Å². The Bertz CT molecular complexity index is 1000. The van der Waals surface area contributed by atoms with Crippen molar-refractivity contribution in [1.82, 2.24) is 25.1 Å². The Labute approximate surface area is 161 Å². The fraction of sp³-hybridized carbons (Fsp3) is 0.375. The molecule has 27 heavy (non-hydrogen) atoms. The molecule has 0 bridgehead atoms. The Hall–Kier alpha value is -2.27. The molecule has 0 unspecified atom stereocenters. The first kappa shape index (κ1) is 18.1. The van der Waals surface area contributed by atoms with Gasteiger partial charge in [0.1, 0.15) is 0 Å². The Morgan fingerprint density at radius 3 is 2.70 bits per heavy atom. The molecule has 0 atom stereocenters. The van der Waals surface area contributed by atoms with Gasteiger partial charge in [-0.3, -0.25) is 4.68 Å². The summed E-state index contributed by atoms with van der Waals surface area (Å²) in [6.07, 6.45) is -1.79. The quantitative estimate of drug-likeness (QED) is 0.648. The van der Waals surface area contributed by atoms with Gasteiger partial charge in [0.05, 0.1) is 28.4 Å². The van der Waals surface area contributed by atoms with Gasteiger partial charge in [0, 0.05) is 19.0 Å². The predicted molar refractivity (Wildman–Crippen MR) is 99.4 cm³/mol. The first-order valence-corrected chi connectivity index (χ1v) is 9.12. The molecule has 7 nitrogen and oxygen atoms in total. The highest BCUT2D eigenvalue weighted by atomic mass is 79.9. The summed E-state index contributed by atoms with van der Waals surface area (Å²) in [5.41, 5.74) is 4.79. The van der Waals surface area contributed by atoms with Gasteiger partial charge in [0.25, 0.3) is 0 Å². The highest BCUT2D eigenvalue weighted by Gasteiger charge is 2.38. The van der Waals surface area contributed by atoms with Crippen molar-refractivity contribution >= 4 is 38.3 Å². The highest BCUT2D eigenvalue weighted by Crippen LogP contribution is 2.40. The second-order valence-electron chi connectivity index (χ2n) is 6.37. The summed E-state index contributed by atoms with van der Waals surface area (Å²) in [6, 6.07) is 3.85. The van der Waals surface area contributed by atoms with Crippen LogP contribution in [0.3, 0.4) is 0 Å². The molecule has 1 fully saturated rings. The van der Waals surface area contributed by atoms with Gasteiger partial charge in [-0.25, -0.2) is 10.5 Å². The largest absolute Gasteiger partial charge is 0.434 e. The highest BCUT2D eigenvalue weighted by molar-refractivity contribution is 9.10. The molecule has 0 aliphatic carbocycles. The van der Waals surface area contributed by atoms with E-state index in [0.717, 1.165) is 40.7 Å². The second-order valence-corrected chi connectivity index (χ2v) is 7.16. The van der Waals surface area contributed by atoms with E-state index in [-0.39, 0.29) is 10.3 Å². The zero-order valence-corrected chi connectivity index (χ0v) is 16.2. The topological polar surface area (TPSA) is 62.9 Å². The van der Waals surface area contributed by atoms with Crippen molar-refractivity contribution in [3.05, 3.63) is 34.1 Å². The van der Waals surface area contributed by atoms with Crippen molar-refractivity contribution in [1.29, 1.82) is 0 Å². The summed E-state index contributed by atoms with van der Waals surface area (Å²) < 4.78 is 40.4. The van der Waals surface area contributed by atoms with Crippen molar-refractivity contribution in [3.8, 4) is 0 Å². The van der Waals surface area contributed by atoms with E-state index in [4.69, 9.17) is 0 Å². The molecule has 2 aromatic heterocycles. The summed E-state index contributed by atoms with van der Waals surface area (Å²) in [6.45, 7) is 3.59. The maximum Gasteiger partial charge on any atom is 0.434 e. The molecule has 4 rings (SSSR count). The van der Waals surface area contributed by atoms with Crippen molar-refractivity contribution < 1.29 is 13.2 Å². The maximum absolute atomic E-state index is 13.2. The van der Waals surface area contributed by atoms with Crippen molar-refractivity contribution in [2.75, 3.05) is 23.5 Å². The Morgan fingerprint density at radius 1 is 1.30 bits per heavy atom. The Morgan fingerprint density at radius 2 is 2.07 bits per heavy atom. The number of halogens is 4. The Kier molecular flexibility index (Phi) is 4.30. The number of hydrogen-bond acceptors (Lipinski definition) is 5. The van der Waals surface area contributed by atoms with E-state index in [0.29, 0.717) is 5.69 Å². The smallest absolute Gasteiger partial charge is 0.337 e. The minimum Gasteiger partial charge on any atom is -0.337 e. The van der Waals surface area contributed by atoms with Crippen LogP contribution in [-0.4, -0.2) is 32.8 Å². The molecule has 1 saturated heterocycles. The van der Waals surface area contributed by atoms with E-state index in [1.807, 2.05) is 24.2 Å². The lowest BCUT2D eigenvalue weighted by molar-refractivity contribution is -0.144. The average Bonchev–Trinajstić information content (AvgIpc) is 3.28. The SMILES string of the molecule is Cc1ccc2c(cnn2N2CCCN2)c1Nc1nn(C)c(C(F)(F)F)c1Br. The molecule has 2 N–H and O–H groups in total. The van der Waals surface area contributed by atoms with Gasteiger partial charge in [-0.05, 0) is 40.9 Å². The lowest BCUT2D eigenvalue weighted by Gasteiger charge is -2.18. The van der Waals surface area contributed by atoms with Crippen LogP contribution >= 0.6 is 15.9 Å². The molecule has 3 heterocycles. The number of benzene rings is 1. The summed E-state index contributed by atoms with van der Waals surface area (Å²) in [7, 11) is 1.27. The van der Waals surface area contributed by atoms with E-state index in [1.54, 1.807) is 11.0 Å². The van der Waals surface area contributed by atoms with Crippen molar-refractivity contribution in [2.24, 2.45) is 7.05 Å². The molecule has 11 heteroatoms. The van der Waals surface area contributed by atoms with Crippen LogP contribution in [0.25, 0.3) is 10.9 Å². The number of alkyl halides is 3. The molecule has 1 aliphatic heterocycles. The monoisotopic (exact) mass is 443 g/mol.